The highest BCUT2D eigenvalue weighted by molar-refractivity contribution is 6.01. The molecule has 0 saturated carbocycles. The Bertz CT molecular complexity index is 1630. The van der Waals surface area contributed by atoms with Gasteiger partial charge in [-0.3, -0.25) is 40.9 Å². The first-order valence-corrected chi connectivity index (χ1v) is 15.7. The molecule has 0 aliphatic heterocycles. The molecule has 0 spiro atoms. The number of aromatic hydroxyl groups is 2. The van der Waals surface area contributed by atoms with Crippen LogP contribution in [0.25, 0.3) is 0 Å². The maximum atomic E-state index is 12.9. The van der Waals surface area contributed by atoms with E-state index in [2.05, 4.69) is 35.6 Å². The molecule has 0 aliphatic rings. The van der Waals surface area contributed by atoms with E-state index in [0.29, 0.717) is 22.3 Å². The van der Waals surface area contributed by atoms with Gasteiger partial charge in [0.25, 0.3) is 23.6 Å². The number of rotatable bonds is 12. The van der Waals surface area contributed by atoms with Crippen molar-refractivity contribution in [3.8, 4) is 11.5 Å². The van der Waals surface area contributed by atoms with E-state index in [9.17, 15) is 29.4 Å². The molecule has 244 valence electrons. The van der Waals surface area contributed by atoms with Crippen LogP contribution < -0.4 is 21.7 Å². The molecule has 0 unspecified atom stereocenters. The number of carbonyl (C=O) groups excluding carboxylic acids is 4. The predicted octanol–water partition coefficient (Wildman–Crippen LogP) is 5.52. The minimum absolute atomic E-state index is 0.0577. The lowest BCUT2D eigenvalue weighted by Gasteiger charge is -2.12. The number of nitrogens with one attached hydrogen (secondary N) is 4. The third-order valence-corrected chi connectivity index (χ3v) is 7.61. The number of hydrogen-bond acceptors (Lipinski definition) is 6. The van der Waals surface area contributed by atoms with Crippen LogP contribution in [0.2, 0.25) is 0 Å². The molecule has 0 radical (unpaired) electrons. The zero-order valence-corrected chi connectivity index (χ0v) is 26.6. The van der Waals surface area contributed by atoms with Crippen molar-refractivity contribution in [3.63, 3.8) is 0 Å². The Morgan fingerprint density at radius 3 is 1.32 bits per heavy atom. The maximum absolute atomic E-state index is 12.9. The van der Waals surface area contributed by atoms with Gasteiger partial charge in [0.05, 0.1) is 11.1 Å². The average Bonchev–Trinajstić information content (AvgIpc) is 3.09. The first kappa shape index (κ1) is 34.2. The number of phenolic OH excluding ortho intramolecular Hbond substituents is 2. The molecule has 0 saturated heterocycles. The van der Waals surface area contributed by atoms with E-state index in [4.69, 9.17) is 0 Å². The molecule has 4 aromatic rings. The van der Waals surface area contributed by atoms with Gasteiger partial charge < -0.3 is 10.2 Å². The van der Waals surface area contributed by atoms with Crippen LogP contribution in [0.1, 0.15) is 103 Å². The highest BCUT2D eigenvalue weighted by Crippen LogP contribution is 2.24. The monoisotopic (exact) mass is 636 g/mol. The van der Waals surface area contributed by atoms with Gasteiger partial charge >= 0.3 is 0 Å². The second kappa shape index (κ2) is 16.6. The van der Waals surface area contributed by atoms with Crippen LogP contribution in [0.5, 0.6) is 11.5 Å². The standard InChI is InChI=1S/C37H40N4O6/c1-3-5-9-24-11-7-13-28(20-24)34(44)38-40-36(46)30-22-26(15-17-32(30)42)19-27-16-18-33(43)31(23-27)37(47)41-39-35(45)29-14-8-12-25(21-29)10-6-4-2/h7-8,11-18,20-23,42-43H,3-6,9-10,19H2,1-2H3,(H,38,44)(H,39,45)(H,40,46)(H,41,47). The normalized spacial score (nSPS) is 10.6. The van der Waals surface area contributed by atoms with Crippen molar-refractivity contribution in [2.24, 2.45) is 0 Å². The Balaban J connectivity index is 1.38. The van der Waals surface area contributed by atoms with Crippen molar-refractivity contribution in [3.05, 3.63) is 129 Å². The van der Waals surface area contributed by atoms with Crippen LogP contribution in [0.15, 0.2) is 84.9 Å². The molecule has 0 bridgehead atoms. The van der Waals surface area contributed by atoms with Crippen LogP contribution in [-0.2, 0) is 19.3 Å². The summed E-state index contributed by atoms with van der Waals surface area (Å²) in [6, 6.07) is 23.3. The van der Waals surface area contributed by atoms with Crippen molar-refractivity contribution in [2.75, 3.05) is 0 Å². The predicted molar refractivity (Wildman–Crippen MR) is 179 cm³/mol. The summed E-state index contributed by atoms with van der Waals surface area (Å²) in [5.74, 6) is -2.95. The Kier molecular flexibility index (Phi) is 12.1. The van der Waals surface area contributed by atoms with E-state index < -0.39 is 23.6 Å². The molecule has 0 aromatic heterocycles. The fourth-order valence-corrected chi connectivity index (χ4v) is 4.99. The van der Waals surface area contributed by atoms with Crippen LogP contribution in [0.4, 0.5) is 0 Å². The second-order valence-electron chi connectivity index (χ2n) is 11.3. The number of hydrogen-bond donors (Lipinski definition) is 6. The number of carbonyl (C=O) groups is 4. The smallest absolute Gasteiger partial charge is 0.273 e. The van der Waals surface area contributed by atoms with Gasteiger partial charge in [0, 0.05) is 11.1 Å². The number of aryl methyl sites for hydroxylation is 2. The largest absolute Gasteiger partial charge is 0.507 e. The van der Waals surface area contributed by atoms with E-state index >= 15 is 0 Å². The fourth-order valence-electron chi connectivity index (χ4n) is 4.99. The molecule has 0 fully saturated rings. The van der Waals surface area contributed by atoms with Gasteiger partial charge in [-0.1, -0.05) is 63.1 Å². The van der Waals surface area contributed by atoms with Gasteiger partial charge in [0.1, 0.15) is 11.5 Å². The van der Waals surface area contributed by atoms with Crippen molar-refractivity contribution >= 4 is 23.6 Å². The molecule has 10 nitrogen and oxygen atoms in total. The van der Waals surface area contributed by atoms with Gasteiger partial charge in [-0.25, -0.2) is 0 Å². The van der Waals surface area contributed by atoms with Crippen LogP contribution in [-0.4, -0.2) is 33.8 Å². The molecule has 47 heavy (non-hydrogen) atoms. The minimum atomic E-state index is -0.711. The first-order chi connectivity index (χ1) is 22.7. The Hall–Kier alpha value is -5.64. The molecular formula is C37H40N4O6. The second-order valence-corrected chi connectivity index (χ2v) is 11.3. The number of benzene rings is 4. The summed E-state index contributed by atoms with van der Waals surface area (Å²) >= 11 is 0. The number of phenols is 2. The molecule has 4 aromatic carbocycles. The van der Waals surface area contributed by atoms with Crippen molar-refractivity contribution in [1.29, 1.82) is 0 Å². The molecule has 4 amide bonds. The Morgan fingerprint density at radius 2 is 0.915 bits per heavy atom. The molecule has 0 aliphatic carbocycles. The van der Waals surface area contributed by atoms with Crippen molar-refractivity contribution in [1.82, 2.24) is 21.7 Å². The SMILES string of the molecule is CCCCc1cccc(C(=O)NNC(=O)c2cc(Cc3ccc(O)c(C(=O)NNC(=O)c4cccc(CCCC)c4)c3)ccc2O)c1. The zero-order valence-electron chi connectivity index (χ0n) is 26.6. The summed E-state index contributed by atoms with van der Waals surface area (Å²) in [6.45, 7) is 4.19. The highest BCUT2D eigenvalue weighted by Gasteiger charge is 2.17. The van der Waals surface area contributed by atoms with Gasteiger partial charge in [-0.15, -0.1) is 0 Å². The highest BCUT2D eigenvalue weighted by atomic mass is 16.3. The Labute approximate surface area is 274 Å². The van der Waals surface area contributed by atoms with Crippen molar-refractivity contribution < 1.29 is 29.4 Å². The van der Waals surface area contributed by atoms with Gasteiger partial charge in [-0.2, -0.15) is 0 Å². The number of hydrazine groups is 2. The van der Waals surface area contributed by atoms with E-state index in [1.54, 1.807) is 48.5 Å². The quantitative estimate of drug-likeness (QED) is 0.112. The number of unbranched alkanes of at least 4 members (excludes halogenated alkanes) is 2. The molecule has 0 heterocycles. The van der Waals surface area contributed by atoms with E-state index in [1.807, 2.05) is 12.1 Å². The third kappa shape index (κ3) is 9.67. The topological polar surface area (TPSA) is 157 Å². The molecule has 6 N–H and O–H groups in total. The lowest BCUT2D eigenvalue weighted by Crippen LogP contribution is -2.41. The van der Waals surface area contributed by atoms with Crippen LogP contribution in [0.3, 0.4) is 0 Å². The molecular weight excluding hydrogens is 596 g/mol. The summed E-state index contributed by atoms with van der Waals surface area (Å²) in [7, 11) is 0. The maximum Gasteiger partial charge on any atom is 0.273 e. The molecule has 0 atom stereocenters. The van der Waals surface area contributed by atoms with Crippen LogP contribution in [0, 0.1) is 0 Å². The summed E-state index contributed by atoms with van der Waals surface area (Å²) < 4.78 is 0. The van der Waals surface area contributed by atoms with E-state index in [-0.39, 0.29) is 29.0 Å². The summed E-state index contributed by atoms with van der Waals surface area (Å²) in [4.78, 5) is 51.1. The van der Waals surface area contributed by atoms with Crippen molar-refractivity contribution in [2.45, 2.75) is 58.8 Å². The average molecular weight is 637 g/mol. The van der Waals surface area contributed by atoms with E-state index in [1.165, 1.54) is 24.3 Å². The zero-order chi connectivity index (χ0) is 33.8. The third-order valence-electron chi connectivity index (χ3n) is 7.61. The van der Waals surface area contributed by atoms with Gasteiger partial charge in [0.15, 0.2) is 0 Å². The van der Waals surface area contributed by atoms with Gasteiger partial charge in [-0.05, 0) is 103 Å². The first-order valence-electron chi connectivity index (χ1n) is 15.7. The number of amides is 4. The molecule has 10 heteroatoms. The minimum Gasteiger partial charge on any atom is -0.507 e. The summed E-state index contributed by atoms with van der Waals surface area (Å²) in [5, 5.41) is 20.7. The fraction of sp³-hybridized carbons (Fsp3) is 0.243. The molecule has 4 rings (SSSR count). The lowest BCUT2D eigenvalue weighted by atomic mass is 10.00. The summed E-state index contributed by atoms with van der Waals surface area (Å²) in [6.07, 6.45) is 6.02. The van der Waals surface area contributed by atoms with Gasteiger partial charge in [0.2, 0.25) is 0 Å². The van der Waals surface area contributed by atoms with Crippen LogP contribution >= 0.6 is 0 Å². The lowest BCUT2D eigenvalue weighted by molar-refractivity contribution is 0.0845. The van der Waals surface area contributed by atoms with E-state index in [0.717, 1.165) is 49.7 Å². The Morgan fingerprint density at radius 1 is 0.511 bits per heavy atom. The summed E-state index contributed by atoms with van der Waals surface area (Å²) in [5.41, 5.74) is 13.5.